The Labute approximate surface area is 370 Å². The number of pyridine rings is 2. The summed E-state index contributed by atoms with van der Waals surface area (Å²) >= 11 is 0. The average molecular weight is 881 g/mol. The predicted octanol–water partition coefficient (Wildman–Crippen LogP) is 9.78. The monoisotopic (exact) mass is 880 g/mol. The lowest BCUT2D eigenvalue weighted by atomic mass is 9.99. The molecule has 0 bridgehead atoms. The van der Waals surface area contributed by atoms with E-state index in [0.29, 0.717) is 30.0 Å². The van der Waals surface area contributed by atoms with E-state index in [4.69, 9.17) is 9.47 Å². The summed E-state index contributed by atoms with van der Waals surface area (Å²) in [5, 5.41) is 7.98. The van der Waals surface area contributed by atoms with Crippen LogP contribution in [-0.4, -0.2) is 90.1 Å². The number of carbonyl (C=O) groups excluding carboxylic acids is 2. The lowest BCUT2D eigenvalue weighted by Crippen LogP contribution is -2.42. The fourth-order valence-corrected chi connectivity index (χ4v) is 6.66. The maximum atomic E-state index is 13.4. The molecule has 0 spiro atoms. The molecule has 4 heterocycles. The van der Waals surface area contributed by atoms with Gasteiger partial charge in [-0.2, -0.15) is 10.2 Å². The van der Waals surface area contributed by atoms with Crippen molar-refractivity contribution in [1.82, 2.24) is 39.9 Å². The van der Waals surface area contributed by atoms with Gasteiger partial charge >= 0.3 is 0 Å². The normalized spacial score (nSPS) is 12.3. The highest BCUT2D eigenvalue weighted by Crippen LogP contribution is 2.30. The highest BCUT2D eigenvalue weighted by Gasteiger charge is 2.28. The fraction of sp³-hybridized carbons (Fsp3) is 0.333. The van der Waals surface area contributed by atoms with E-state index in [1.54, 1.807) is 47.4 Å². The Bertz CT molecular complexity index is 2460. The molecule has 0 fully saturated rings. The molecule has 0 aliphatic carbocycles. The third-order valence-corrected chi connectivity index (χ3v) is 10.2. The van der Waals surface area contributed by atoms with Gasteiger partial charge < -0.3 is 19.3 Å². The first-order valence-corrected chi connectivity index (χ1v) is 20.7. The largest absolute Gasteiger partial charge is 0.475 e. The molecule has 0 saturated carbocycles. The average Bonchev–Trinajstić information content (AvgIpc) is 3.28. The third kappa shape index (κ3) is 12.6. The van der Waals surface area contributed by atoms with Gasteiger partial charge in [0.1, 0.15) is 19.0 Å². The van der Waals surface area contributed by atoms with Gasteiger partial charge in [-0.25, -0.2) is 37.5 Å². The van der Waals surface area contributed by atoms with Crippen molar-refractivity contribution in [3.63, 3.8) is 0 Å². The Kier molecular flexibility index (Phi) is 16.2. The topological polar surface area (TPSA) is 136 Å². The van der Waals surface area contributed by atoms with Crippen LogP contribution in [0.4, 0.5) is 17.6 Å². The van der Waals surface area contributed by atoms with Crippen LogP contribution >= 0.6 is 0 Å². The van der Waals surface area contributed by atoms with Crippen molar-refractivity contribution >= 4 is 11.8 Å². The number of hydrogen-bond donors (Lipinski definition) is 0. The standard InChI is InChI=1S/2C24H26F2N4O2/c1-5-30(16(2)15-32-22-11-10-19(14-29-22)24(4,25)26)23(31)21-9-7-6-8-20(21)18-12-27-17(3)28-13-18;1-5-30(17(3)15-32-22-11-10-19(14-27-22)24(4,25)26)23(31)21-9-7-6-8-20(21)18-12-16(2)29-28-13-18/h6-14,16H,5,15H2,1-4H3;6-14,17H,5,15H2,1-4H3/t16-;17-/m00/s1. The van der Waals surface area contributed by atoms with Crippen LogP contribution in [0.25, 0.3) is 22.3 Å². The maximum absolute atomic E-state index is 13.4. The van der Waals surface area contributed by atoms with Gasteiger partial charge in [-0.1, -0.05) is 36.4 Å². The van der Waals surface area contributed by atoms with Crippen molar-refractivity contribution < 1.29 is 36.6 Å². The van der Waals surface area contributed by atoms with Crippen molar-refractivity contribution in [1.29, 1.82) is 0 Å². The van der Waals surface area contributed by atoms with Crippen LogP contribution in [0.5, 0.6) is 11.8 Å². The molecule has 12 nitrogen and oxygen atoms in total. The van der Waals surface area contributed by atoms with Crippen LogP contribution in [0.3, 0.4) is 0 Å². The predicted molar refractivity (Wildman–Crippen MR) is 235 cm³/mol. The molecule has 2 amide bonds. The van der Waals surface area contributed by atoms with E-state index < -0.39 is 11.8 Å². The van der Waals surface area contributed by atoms with Gasteiger partial charge in [-0.05, 0) is 83.0 Å². The summed E-state index contributed by atoms with van der Waals surface area (Å²) in [7, 11) is 0. The Balaban J connectivity index is 0.000000241. The molecule has 2 aromatic carbocycles. The smallest absolute Gasteiger partial charge is 0.272 e. The van der Waals surface area contributed by atoms with Gasteiger partial charge in [0, 0.05) is 97.2 Å². The molecule has 4 aromatic heterocycles. The highest BCUT2D eigenvalue weighted by molar-refractivity contribution is 6.01. The molecule has 16 heteroatoms. The molecule has 336 valence electrons. The van der Waals surface area contributed by atoms with Crippen molar-refractivity contribution in [2.24, 2.45) is 0 Å². The van der Waals surface area contributed by atoms with Gasteiger partial charge in [0.2, 0.25) is 11.8 Å². The summed E-state index contributed by atoms with van der Waals surface area (Å²) in [6.45, 7) is 14.1. The number of ether oxygens (including phenoxy) is 2. The van der Waals surface area contributed by atoms with E-state index in [9.17, 15) is 27.2 Å². The third-order valence-electron chi connectivity index (χ3n) is 10.2. The SMILES string of the molecule is CCN(C(=O)c1ccccc1-c1cnc(C)nc1)[C@@H](C)COc1ccc(C(C)(F)F)cn1.CCN(C(=O)c1ccccc1-c1cnnc(C)c1)[C@@H](C)COc1ccc(C(C)(F)F)cn1. The molecular formula is C48H52F4N8O4. The number of alkyl halides is 4. The summed E-state index contributed by atoms with van der Waals surface area (Å²) in [6.07, 6.45) is 7.24. The van der Waals surface area contributed by atoms with E-state index in [-0.39, 0.29) is 60.0 Å². The second-order valence-electron chi connectivity index (χ2n) is 15.2. The molecule has 0 saturated heterocycles. The number of benzene rings is 2. The first kappa shape index (κ1) is 48.2. The van der Waals surface area contributed by atoms with Crippen LogP contribution in [0.15, 0.2) is 110 Å². The highest BCUT2D eigenvalue weighted by atomic mass is 19.3. The lowest BCUT2D eigenvalue weighted by Gasteiger charge is -2.28. The van der Waals surface area contributed by atoms with E-state index in [2.05, 4.69) is 30.1 Å². The number of rotatable bonds is 16. The molecule has 0 aliphatic rings. The molecule has 0 N–H and O–H groups in total. The van der Waals surface area contributed by atoms with Crippen LogP contribution in [0.2, 0.25) is 0 Å². The number of hydrogen-bond acceptors (Lipinski definition) is 10. The first-order chi connectivity index (χ1) is 30.4. The maximum Gasteiger partial charge on any atom is 0.272 e. The summed E-state index contributed by atoms with van der Waals surface area (Å²) in [5.74, 6) is -5.09. The van der Waals surface area contributed by atoms with E-state index >= 15 is 0 Å². The fourth-order valence-electron chi connectivity index (χ4n) is 6.66. The molecular weight excluding hydrogens is 829 g/mol. The Morgan fingerprint density at radius 3 is 1.44 bits per heavy atom. The van der Waals surface area contributed by atoms with E-state index in [0.717, 1.165) is 54.2 Å². The quantitative estimate of drug-likeness (QED) is 0.0865. The number of carbonyl (C=O) groups is 2. The number of aromatic nitrogens is 6. The Hall–Kier alpha value is -6.84. The first-order valence-electron chi connectivity index (χ1n) is 20.7. The van der Waals surface area contributed by atoms with E-state index in [1.807, 2.05) is 77.1 Å². The number of halogens is 4. The summed E-state index contributed by atoms with van der Waals surface area (Å²) in [6, 6.07) is 21.4. The molecule has 6 aromatic rings. The van der Waals surface area contributed by atoms with Crippen molar-refractivity contribution in [2.45, 2.75) is 79.3 Å². The molecule has 2 atom stereocenters. The molecule has 0 radical (unpaired) electrons. The van der Waals surface area contributed by atoms with Crippen LogP contribution in [0, 0.1) is 13.8 Å². The summed E-state index contributed by atoms with van der Waals surface area (Å²) < 4.78 is 64.7. The van der Waals surface area contributed by atoms with Gasteiger partial charge in [-0.15, -0.1) is 0 Å². The zero-order chi connectivity index (χ0) is 46.6. The summed E-state index contributed by atoms with van der Waals surface area (Å²) in [5.41, 5.74) is 4.61. The van der Waals surface area contributed by atoms with Gasteiger partial charge in [0.25, 0.3) is 23.7 Å². The number of aryl methyl sites for hydroxylation is 2. The number of likely N-dealkylation sites (N-methyl/N-ethyl adjacent to an activating group) is 2. The van der Waals surface area contributed by atoms with Crippen LogP contribution in [-0.2, 0) is 11.8 Å². The van der Waals surface area contributed by atoms with Crippen molar-refractivity contribution in [3.05, 3.63) is 144 Å². The van der Waals surface area contributed by atoms with Gasteiger partial charge in [-0.3, -0.25) is 9.59 Å². The van der Waals surface area contributed by atoms with Gasteiger partial charge in [0.05, 0.1) is 24.0 Å². The Morgan fingerprint density at radius 2 is 1.05 bits per heavy atom. The minimum absolute atomic E-state index is 0.136. The Morgan fingerprint density at radius 1 is 0.609 bits per heavy atom. The molecule has 64 heavy (non-hydrogen) atoms. The lowest BCUT2D eigenvalue weighted by molar-refractivity contribution is 0.0163. The molecule has 0 unspecified atom stereocenters. The second-order valence-corrected chi connectivity index (χ2v) is 15.2. The number of nitrogens with zero attached hydrogens (tertiary/aromatic N) is 8. The zero-order valence-electron chi connectivity index (χ0n) is 37.1. The van der Waals surface area contributed by atoms with Crippen molar-refractivity contribution in [2.75, 3.05) is 26.3 Å². The minimum Gasteiger partial charge on any atom is -0.475 e. The van der Waals surface area contributed by atoms with Gasteiger partial charge in [0.15, 0.2) is 0 Å². The number of amides is 2. The minimum atomic E-state index is -2.96. The van der Waals surface area contributed by atoms with E-state index in [1.165, 1.54) is 24.3 Å². The molecule has 0 aliphatic heterocycles. The second kappa shape index (κ2) is 21.5. The van der Waals surface area contributed by atoms with Crippen molar-refractivity contribution in [3.8, 4) is 34.0 Å². The summed E-state index contributed by atoms with van der Waals surface area (Å²) in [4.78, 5) is 46.5. The van der Waals surface area contributed by atoms with Crippen LogP contribution in [0.1, 0.15) is 84.9 Å². The van der Waals surface area contributed by atoms with Crippen LogP contribution < -0.4 is 9.47 Å². The zero-order valence-corrected chi connectivity index (χ0v) is 37.1. The molecule has 6 rings (SSSR count).